The van der Waals surface area contributed by atoms with Gasteiger partial charge in [-0.3, -0.25) is 10.1 Å². The van der Waals surface area contributed by atoms with Gasteiger partial charge in [0.15, 0.2) is 11.7 Å². The minimum absolute atomic E-state index is 0.154. The first-order chi connectivity index (χ1) is 10.5. The monoisotopic (exact) mass is 354 g/mol. The van der Waals surface area contributed by atoms with Crippen molar-refractivity contribution in [2.45, 2.75) is 0 Å². The third kappa shape index (κ3) is 5.52. The molecule has 0 unspecified atom stereocenters. The Morgan fingerprint density at radius 2 is 1.82 bits per heavy atom. The highest BCUT2D eigenvalue weighted by molar-refractivity contribution is 7.80. The minimum atomic E-state index is -0.366. The number of nitrogens with one attached hydrogen (secondary N) is 2. The third-order valence-electron chi connectivity index (χ3n) is 2.52. The molecular formula is C15H12Cl2N2O2S. The molecule has 2 rings (SSSR count). The molecule has 0 heterocycles. The molecule has 0 spiro atoms. The van der Waals surface area contributed by atoms with Crippen molar-refractivity contribution in [2.75, 3.05) is 11.9 Å². The van der Waals surface area contributed by atoms with Crippen LogP contribution in [0.5, 0.6) is 5.75 Å². The van der Waals surface area contributed by atoms with E-state index >= 15 is 0 Å². The third-order valence-corrected chi connectivity index (χ3v) is 3.21. The fourth-order valence-corrected chi connectivity index (χ4v) is 2.12. The number of halogens is 2. The highest BCUT2D eigenvalue weighted by Gasteiger charge is 2.06. The number of hydrogen-bond donors (Lipinski definition) is 2. The maximum absolute atomic E-state index is 11.7. The summed E-state index contributed by atoms with van der Waals surface area (Å²) in [5.41, 5.74) is 0.691. The maximum atomic E-state index is 11.7. The average Bonchev–Trinajstić information content (AvgIpc) is 2.46. The highest BCUT2D eigenvalue weighted by Crippen LogP contribution is 2.16. The molecule has 2 aromatic rings. The Kier molecular flexibility index (Phi) is 6.00. The van der Waals surface area contributed by atoms with Gasteiger partial charge in [0.1, 0.15) is 5.75 Å². The van der Waals surface area contributed by atoms with Crippen LogP contribution in [0.15, 0.2) is 48.5 Å². The van der Waals surface area contributed by atoms with Gasteiger partial charge < -0.3 is 10.1 Å². The molecule has 0 saturated heterocycles. The summed E-state index contributed by atoms with van der Waals surface area (Å²) in [5, 5.41) is 6.73. The first kappa shape index (κ1) is 16.5. The molecule has 0 atom stereocenters. The molecule has 0 aromatic heterocycles. The second-order valence-electron chi connectivity index (χ2n) is 4.26. The number of carbonyl (C=O) groups excluding carboxylic acids is 1. The Morgan fingerprint density at radius 3 is 2.50 bits per heavy atom. The van der Waals surface area contributed by atoms with E-state index in [2.05, 4.69) is 10.6 Å². The first-order valence-corrected chi connectivity index (χ1v) is 7.44. The Morgan fingerprint density at radius 1 is 1.09 bits per heavy atom. The first-order valence-electron chi connectivity index (χ1n) is 6.28. The molecule has 0 fully saturated rings. The van der Waals surface area contributed by atoms with Crippen molar-refractivity contribution >= 4 is 52.1 Å². The summed E-state index contributed by atoms with van der Waals surface area (Å²) in [6, 6.07) is 13.7. The summed E-state index contributed by atoms with van der Waals surface area (Å²) >= 11 is 16.7. The number of benzene rings is 2. The van der Waals surface area contributed by atoms with E-state index in [1.54, 1.807) is 48.5 Å². The Bertz CT molecular complexity index is 677. The number of anilines is 1. The lowest BCUT2D eigenvalue weighted by Crippen LogP contribution is -2.37. The summed E-state index contributed by atoms with van der Waals surface area (Å²) in [7, 11) is 0. The summed E-state index contributed by atoms with van der Waals surface area (Å²) in [6.45, 7) is -0.154. The number of thiocarbonyl (C=S) groups is 1. The molecule has 1 amide bonds. The van der Waals surface area contributed by atoms with Gasteiger partial charge in [-0.25, -0.2) is 0 Å². The van der Waals surface area contributed by atoms with Crippen LogP contribution < -0.4 is 15.4 Å². The van der Waals surface area contributed by atoms with Crippen molar-refractivity contribution in [2.24, 2.45) is 0 Å². The summed E-state index contributed by atoms with van der Waals surface area (Å²) in [6.07, 6.45) is 0. The van der Waals surface area contributed by atoms with Crippen molar-refractivity contribution in [3.8, 4) is 5.75 Å². The van der Waals surface area contributed by atoms with Crippen LogP contribution in [0.25, 0.3) is 0 Å². The number of hydrogen-bond acceptors (Lipinski definition) is 3. The highest BCUT2D eigenvalue weighted by atomic mass is 35.5. The molecule has 0 aliphatic rings. The molecule has 0 saturated carbocycles. The molecule has 0 radical (unpaired) electrons. The van der Waals surface area contributed by atoms with Gasteiger partial charge in [0.25, 0.3) is 5.91 Å². The lowest BCUT2D eigenvalue weighted by molar-refractivity contribution is -0.121. The van der Waals surface area contributed by atoms with Crippen molar-refractivity contribution in [3.63, 3.8) is 0 Å². The zero-order valence-corrected chi connectivity index (χ0v) is 13.6. The van der Waals surface area contributed by atoms with Crippen LogP contribution in [0.2, 0.25) is 10.0 Å². The predicted octanol–water partition coefficient (Wildman–Crippen LogP) is 3.89. The van der Waals surface area contributed by atoms with E-state index in [-0.39, 0.29) is 17.6 Å². The van der Waals surface area contributed by atoms with Crippen molar-refractivity contribution in [1.29, 1.82) is 0 Å². The van der Waals surface area contributed by atoms with Crippen molar-refractivity contribution in [3.05, 3.63) is 58.6 Å². The smallest absolute Gasteiger partial charge is 0.264 e. The van der Waals surface area contributed by atoms with E-state index in [1.807, 2.05) is 0 Å². The molecule has 0 aliphatic heterocycles. The lowest BCUT2D eigenvalue weighted by Gasteiger charge is -2.10. The van der Waals surface area contributed by atoms with E-state index < -0.39 is 0 Å². The van der Waals surface area contributed by atoms with Crippen LogP contribution >= 0.6 is 35.4 Å². The summed E-state index contributed by atoms with van der Waals surface area (Å²) in [5.74, 6) is 0.183. The quantitative estimate of drug-likeness (QED) is 0.818. The number of carbonyl (C=O) groups is 1. The minimum Gasteiger partial charge on any atom is -0.484 e. The van der Waals surface area contributed by atoms with Crippen LogP contribution in [0.3, 0.4) is 0 Å². The van der Waals surface area contributed by atoms with Crippen molar-refractivity contribution in [1.82, 2.24) is 5.32 Å². The Labute approximate surface area is 143 Å². The number of ether oxygens (including phenoxy) is 1. The maximum Gasteiger partial charge on any atom is 0.264 e. The zero-order valence-electron chi connectivity index (χ0n) is 11.3. The number of rotatable bonds is 4. The molecule has 0 bridgehead atoms. The van der Waals surface area contributed by atoms with E-state index in [0.717, 1.165) is 0 Å². The van der Waals surface area contributed by atoms with E-state index in [1.165, 1.54) is 0 Å². The average molecular weight is 355 g/mol. The second kappa shape index (κ2) is 7.98. The van der Waals surface area contributed by atoms with E-state index in [4.69, 9.17) is 40.2 Å². The molecular weight excluding hydrogens is 343 g/mol. The Hall–Kier alpha value is -1.82. The largest absolute Gasteiger partial charge is 0.484 e. The standard InChI is InChI=1S/C15H12Cl2N2O2S/c16-10-4-6-13(7-5-10)21-9-14(20)19-15(22)18-12-3-1-2-11(17)8-12/h1-8H,9H2,(H2,18,19,20,22). The van der Waals surface area contributed by atoms with Crippen molar-refractivity contribution < 1.29 is 9.53 Å². The van der Waals surface area contributed by atoms with Gasteiger partial charge in [-0.05, 0) is 54.7 Å². The lowest BCUT2D eigenvalue weighted by atomic mass is 10.3. The van der Waals surface area contributed by atoms with Gasteiger partial charge >= 0.3 is 0 Å². The number of amides is 1. The van der Waals surface area contributed by atoms with Gasteiger partial charge in [-0.1, -0.05) is 29.3 Å². The molecule has 114 valence electrons. The molecule has 7 heteroatoms. The topological polar surface area (TPSA) is 50.4 Å². The molecule has 2 aromatic carbocycles. The van der Waals surface area contributed by atoms with Crippen LogP contribution in [-0.2, 0) is 4.79 Å². The molecule has 4 nitrogen and oxygen atoms in total. The molecule has 0 aliphatic carbocycles. The second-order valence-corrected chi connectivity index (χ2v) is 5.54. The van der Waals surface area contributed by atoms with E-state index in [0.29, 0.717) is 21.5 Å². The van der Waals surface area contributed by atoms with E-state index in [9.17, 15) is 4.79 Å². The normalized spacial score (nSPS) is 9.91. The van der Waals surface area contributed by atoms with Gasteiger partial charge in [-0.15, -0.1) is 0 Å². The van der Waals surface area contributed by atoms with Gasteiger partial charge in [0.05, 0.1) is 0 Å². The molecule has 22 heavy (non-hydrogen) atoms. The van der Waals surface area contributed by atoms with Crippen LogP contribution in [-0.4, -0.2) is 17.6 Å². The predicted molar refractivity (Wildman–Crippen MR) is 92.8 cm³/mol. The molecule has 2 N–H and O–H groups in total. The summed E-state index contributed by atoms with van der Waals surface area (Å²) in [4.78, 5) is 11.7. The Balaban J connectivity index is 1.79. The van der Waals surface area contributed by atoms with Gasteiger partial charge in [0, 0.05) is 15.7 Å². The zero-order chi connectivity index (χ0) is 15.9. The van der Waals surface area contributed by atoms with Gasteiger partial charge in [-0.2, -0.15) is 0 Å². The van der Waals surface area contributed by atoms with Crippen LogP contribution in [0, 0.1) is 0 Å². The fourth-order valence-electron chi connectivity index (χ4n) is 1.57. The fraction of sp³-hybridized carbons (Fsp3) is 0.0667. The summed E-state index contributed by atoms with van der Waals surface area (Å²) < 4.78 is 5.31. The van der Waals surface area contributed by atoms with Crippen LogP contribution in [0.4, 0.5) is 5.69 Å². The van der Waals surface area contributed by atoms with Crippen LogP contribution in [0.1, 0.15) is 0 Å². The van der Waals surface area contributed by atoms with Gasteiger partial charge in [0.2, 0.25) is 0 Å². The SMILES string of the molecule is O=C(COc1ccc(Cl)cc1)NC(=S)Nc1cccc(Cl)c1.